The van der Waals surface area contributed by atoms with Gasteiger partial charge in [-0.05, 0) is 20.8 Å². The monoisotopic (exact) mass is 332 g/mol. The molecule has 4 unspecified atom stereocenters. The second-order valence-electron chi connectivity index (χ2n) is 6.29. The first-order chi connectivity index (χ1) is 9.71. The van der Waals surface area contributed by atoms with Crippen molar-refractivity contribution in [1.82, 2.24) is 0 Å². The normalized spacial score (nSPS) is 35.0. The van der Waals surface area contributed by atoms with Crippen LogP contribution in [0, 0.1) is 11.3 Å². The summed E-state index contributed by atoms with van der Waals surface area (Å²) in [5.74, 6) is -4.99. The van der Waals surface area contributed by atoms with Gasteiger partial charge in [0.1, 0.15) is 17.6 Å². The summed E-state index contributed by atoms with van der Waals surface area (Å²) in [6, 6.07) is 0. The number of carbonyl (C=O) groups excluding carboxylic acids is 1. The maximum atomic E-state index is 13.6. The first-order valence-electron chi connectivity index (χ1n) is 6.42. The summed E-state index contributed by atoms with van der Waals surface area (Å²) >= 11 is 0. The average Bonchev–Trinajstić information content (AvgIpc) is 2.81. The van der Waals surface area contributed by atoms with Gasteiger partial charge in [-0.2, -0.15) is 26.3 Å². The molecule has 9 heteroatoms. The summed E-state index contributed by atoms with van der Waals surface area (Å²) in [5, 5.41) is 0. The Morgan fingerprint density at radius 2 is 1.64 bits per heavy atom. The molecular formula is C13H14F6O3. The molecule has 0 aromatic heterocycles. The van der Waals surface area contributed by atoms with Gasteiger partial charge in [-0.1, -0.05) is 12.2 Å². The van der Waals surface area contributed by atoms with Crippen molar-refractivity contribution in [1.29, 1.82) is 0 Å². The Morgan fingerprint density at radius 1 is 1.09 bits per heavy atom. The third kappa shape index (κ3) is 2.39. The van der Waals surface area contributed by atoms with Crippen molar-refractivity contribution in [2.45, 2.75) is 50.9 Å². The van der Waals surface area contributed by atoms with Crippen molar-refractivity contribution >= 4 is 5.97 Å². The number of rotatable bonds is 1. The molecule has 2 aliphatic rings. The molecule has 2 aliphatic heterocycles. The third-order valence-electron chi connectivity index (χ3n) is 3.61. The van der Waals surface area contributed by atoms with Crippen LogP contribution in [0.25, 0.3) is 0 Å². The van der Waals surface area contributed by atoms with Crippen molar-refractivity contribution in [3.8, 4) is 0 Å². The van der Waals surface area contributed by atoms with Crippen molar-refractivity contribution in [2.75, 3.05) is 0 Å². The van der Waals surface area contributed by atoms with E-state index in [0.29, 0.717) is 0 Å². The first kappa shape index (κ1) is 17.1. The van der Waals surface area contributed by atoms with Gasteiger partial charge < -0.3 is 9.47 Å². The van der Waals surface area contributed by atoms with Gasteiger partial charge in [0.25, 0.3) is 0 Å². The molecule has 0 spiro atoms. The molecule has 2 bridgehead atoms. The number of esters is 1. The van der Waals surface area contributed by atoms with Crippen molar-refractivity contribution in [3.63, 3.8) is 0 Å². The summed E-state index contributed by atoms with van der Waals surface area (Å²) in [7, 11) is 0. The van der Waals surface area contributed by atoms with Crippen LogP contribution in [0.15, 0.2) is 12.2 Å². The Bertz CT molecular complexity index is 501. The molecule has 2 rings (SSSR count). The lowest BCUT2D eigenvalue weighted by Gasteiger charge is -2.40. The standard InChI is InChI=1S/C13H14F6O3/c1-10(2,3)22-9(20)11(13(17,18)19)7-5-4-6(21-7)8(11)12(14,15)16/h4-8H,1-3H3. The molecule has 0 saturated carbocycles. The summed E-state index contributed by atoms with van der Waals surface area (Å²) in [5.41, 5.74) is -5.14. The number of alkyl halides is 6. The zero-order valence-electron chi connectivity index (χ0n) is 11.9. The molecule has 2 heterocycles. The third-order valence-corrected chi connectivity index (χ3v) is 3.61. The van der Waals surface area contributed by atoms with Gasteiger partial charge in [0, 0.05) is 0 Å². The van der Waals surface area contributed by atoms with E-state index < -0.39 is 47.5 Å². The van der Waals surface area contributed by atoms with E-state index in [2.05, 4.69) is 4.74 Å². The highest BCUT2D eigenvalue weighted by atomic mass is 19.4. The zero-order chi connectivity index (χ0) is 17.1. The Kier molecular flexibility index (Phi) is 3.60. The molecule has 0 aromatic rings. The molecule has 3 nitrogen and oxygen atoms in total. The molecule has 126 valence electrons. The van der Waals surface area contributed by atoms with Crippen LogP contribution in [-0.4, -0.2) is 36.1 Å². The molecule has 22 heavy (non-hydrogen) atoms. The highest BCUT2D eigenvalue weighted by Crippen LogP contribution is 2.62. The molecule has 0 N–H and O–H groups in total. The van der Waals surface area contributed by atoms with E-state index in [1.807, 2.05) is 0 Å². The molecule has 1 saturated heterocycles. The number of hydrogen-bond donors (Lipinski definition) is 0. The lowest BCUT2D eigenvalue weighted by molar-refractivity contribution is -0.293. The second-order valence-corrected chi connectivity index (χ2v) is 6.29. The van der Waals surface area contributed by atoms with Crippen LogP contribution in [0.1, 0.15) is 20.8 Å². The summed E-state index contributed by atoms with van der Waals surface area (Å²) in [6.07, 6.45) is -12.9. The fourth-order valence-corrected chi connectivity index (χ4v) is 2.86. The molecule has 0 amide bonds. The lowest BCUT2D eigenvalue weighted by atomic mass is 9.67. The summed E-state index contributed by atoms with van der Waals surface area (Å²) < 4.78 is 89.7. The van der Waals surface area contributed by atoms with Gasteiger partial charge in [0.15, 0.2) is 0 Å². The quantitative estimate of drug-likeness (QED) is 0.419. The Hall–Kier alpha value is -1.25. The predicted molar refractivity (Wildman–Crippen MR) is 61.7 cm³/mol. The van der Waals surface area contributed by atoms with E-state index in [-0.39, 0.29) is 0 Å². The Balaban J connectivity index is 2.59. The molecular weight excluding hydrogens is 318 g/mol. The van der Waals surface area contributed by atoms with Gasteiger partial charge in [0.2, 0.25) is 5.41 Å². The van der Waals surface area contributed by atoms with E-state index >= 15 is 0 Å². The molecule has 0 radical (unpaired) electrons. The van der Waals surface area contributed by atoms with E-state index in [1.165, 1.54) is 20.8 Å². The van der Waals surface area contributed by atoms with Crippen LogP contribution < -0.4 is 0 Å². The fraction of sp³-hybridized carbons (Fsp3) is 0.769. The largest absolute Gasteiger partial charge is 0.459 e. The minimum absolute atomic E-state index is 0.838. The highest BCUT2D eigenvalue weighted by molar-refractivity contribution is 5.81. The maximum absolute atomic E-state index is 13.6. The highest BCUT2D eigenvalue weighted by Gasteiger charge is 2.81. The van der Waals surface area contributed by atoms with Crippen molar-refractivity contribution < 1.29 is 40.6 Å². The number of carbonyl (C=O) groups is 1. The van der Waals surface area contributed by atoms with Crippen LogP contribution in [0.5, 0.6) is 0 Å². The maximum Gasteiger partial charge on any atom is 0.408 e. The number of halogens is 6. The second kappa shape index (κ2) is 4.62. The zero-order valence-corrected chi connectivity index (χ0v) is 11.9. The first-order valence-corrected chi connectivity index (χ1v) is 6.42. The van der Waals surface area contributed by atoms with E-state index in [1.54, 1.807) is 0 Å². The van der Waals surface area contributed by atoms with Crippen molar-refractivity contribution in [2.24, 2.45) is 11.3 Å². The SMILES string of the molecule is CC(C)(C)OC(=O)C1(C(F)(F)F)C2C=CC(O2)C1C(F)(F)F. The Labute approximate surface area is 122 Å². The molecule has 4 atom stereocenters. The van der Waals surface area contributed by atoms with E-state index in [0.717, 1.165) is 12.2 Å². The number of ether oxygens (including phenoxy) is 2. The summed E-state index contributed by atoms with van der Waals surface area (Å²) in [4.78, 5) is 12.1. The van der Waals surface area contributed by atoms with Crippen LogP contribution in [-0.2, 0) is 14.3 Å². The van der Waals surface area contributed by atoms with Crippen LogP contribution in [0.3, 0.4) is 0 Å². The van der Waals surface area contributed by atoms with Gasteiger partial charge in [-0.3, -0.25) is 4.79 Å². The Morgan fingerprint density at radius 3 is 2.05 bits per heavy atom. The topological polar surface area (TPSA) is 35.5 Å². The smallest absolute Gasteiger partial charge is 0.408 e. The molecule has 0 aliphatic carbocycles. The number of hydrogen-bond acceptors (Lipinski definition) is 3. The minimum atomic E-state index is -5.47. The average molecular weight is 332 g/mol. The van der Waals surface area contributed by atoms with Gasteiger partial charge in [-0.25, -0.2) is 0 Å². The van der Waals surface area contributed by atoms with E-state index in [4.69, 9.17) is 4.74 Å². The van der Waals surface area contributed by atoms with Crippen LogP contribution in [0.2, 0.25) is 0 Å². The van der Waals surface area contributed by atoms with E-state index in [9.17, 15) is 31.1 Å². The molecule has 0 aromatic carbocycles. The fourth-order valence-electron chi connectivity index (χ4n) is 2.86. The van der Waals surface area contributed by atoms with Crippen LogP contribution >= 0.6 is 0 Å². The predicted octanol–water partition coefficient (Wildman–Crippen LogP) is 3.39. The van der Waals surface area contributed by atoms with Gasteiger partial charge >= 0.3 is 18.3 Å². The molecule has 1 fully saturated rings. The van der Waals surface area contributed by atoms with Gasteiger partial charge in [-0.15, -0.1) is 0 Å². The van der Waals surface area contributed by atoms with Gasteiger partial charge in [0.05, 0.1) is 6.10 Å². The van der Waals surface area contributed by atoms with Crippen molar-refractivity contribution in [3.05, 3.63) is 12.2 Å². The lowest BCUT2D eigenvalue weighted by Crippen LogP contribution is -2.61. The minimum Gasteiger partial charge on any atom is -0.459 e. The summed E-state index contributed by atoms with van der Waals surface area (Å²) in [6.45, 7) is 3.84. The number of fused-ring (bicyclic) bond motifs is 2. The van der Waals surface area contributed by atoms with Crippen LogP contribution in [0.4, 0.5) is 26.3 Å².